The van der Waals surface area contributed by atoms with Gasteiger partial charge in [0.05, 0.1) is 4.92 Å². The Balaban J connectivity index is 3.42. The molecule has 0 fully saturated rings. The SMILES string of the molecule is O=[N+]([O-])c1cc(S(=O)(=O)O)ccc1F. The van der Waals surface area contributed by atoms with Gasteiger partial charge in [-0.1, -0.05) is 0 Å². The van der Waals surface area contributed by atoms with Crippen LogP contribution in [0, 0.1) is 15.9 Å². The van der Waals surface area contributed by atoms with E-state index in [4.69, 9.17) is 4.55 Å². The van der Waals surface area contributed by atoms with Gasteiger partial charge in [0.2, 0.25) is 5.82 Å². The van der Waals surface area contributed by atoms with E-state index in [0.717, 1.165) is 6.07 Å². The third kappa shape index (κ3) is 2.03. The summed E-state index contributed by atoms with van der Waals surface area (Å²) in [6, 6.07) is 1.78. The van der Waals surface area contributed by atoms with E-state index in [1.54, 1.807) is 0 Å². The first kappa shape index (κ1) is 10.5. The van der Waals surface area contributed by atoms with Crippen molar-refractivity contribution in [3.05, 3.63) is 34.1 Å². The minimum absolute atomic E-state index is 0.449. The number of hydrogen-bond acceptors (Lipinski definition) is 4. The van der Waals surface area contributed by atoms with Gasteiger partial charge in [0.25, 0.3) is 10.1 Å². The van der Waals surface area contributed by atoms with Crippen LogP contribution in [0.2, 0.25) is 0 Å². The molecule has 0 radical (unpaired) electrons. The van der Waals surface area contributed by atoms with Crippen LogP contribution in [-0.4, -0.2) is 17.9 Å². The molecule has 1 aromatic carbocycles. The largest absolute Gasteiger partial charge is 0.306 e. The first-order chi connectivity index (χ1) is 6.32. The number of halogens is 1. The minimum Gasteiger partial charge on any atom is -0.282 e. The second kappa shape index (κ2) is 3.31. The summed E-state index contributed by atoms with van der Waals surface area (Å²) in [5.41, 5.74) is -1.000. The summed E-state index contributed by atoms with van der Waals surface area (Å²) >= 11 is 0. The van der Waals surface area contributed by atoms with Crippen molar-refractivity contribution < 1.29 is 22.3 Å². The molecule has 8 heteroatoms. The molecular formula is C6H4FNO5S. The molecule has 0 bridgehead atoms. The molecule has 76 valence electrons. The Morgan fingerprint density at radius 1 is 1.43 bits per heavy atom. The van der Waals surface area contributed by atoms with Crippen molar-refractivity contribution >= 4 is 15.8 Å². The fraction of sp³-hybridized carbons (Fsp3) is 0. The van der Waals surface area contributed by atoms with Crippen LogP contribution in [0.3, 0.4) is 0 Å². The first-order valence-electron chi connectivity index (χ1n) is 3.24. The standard InChI is InChI=1S/C6H4FNO5S/c7-5-2-1-4(14(11,12)13)3-6(5)8(9)10/h1-3H,(H,11,12,13). The van der Waals surface area contributed by atoms with E-state index >= 15 is 0 Å². The molecule has 0 saturated heterocycles. The number of nitro benzene ring substituents is 1. The van der Waals surface area contributed by atoms with Crippen molar-refractivity contribution in [1.82, 2.24) is 0 Å². The molecule has 0 aliphatic heterocycles. The number of benzene rings is 1. The van der Waals surface area contributed by atoms with Crippen LogP contribution in [0.1, 0.15) is 0 Å². The zero-order valence-electron chi connectivity index (χ0n) is 6.55. The van der Waals surface area contributed by atoms with Crippen LogP contribution in [0.25, 0.3) is 0 Å². The molecule has 1 aromatic rings. The lowest BCUT2D eigenvalue weighted by molar-refractivity contribution is -0.387. The average molecular weight is 221 g/mol. The third-order valence-corrected chi connectivity index (χ3v) is 2.26. The summed E-state index contributed by atoms with van der Waals surface area (Å²) < 4.78 is 42.3. The lowest BCUT2D eigenvalue weighted by Crippen LogP contribution is -2.00. The van der Waals surface area contributed by atoms with E-state index in [1.807, 2.05) is 0 Å². The van der Waals surface area contributed by atoms with Gasteiger partial charge in [-0.2, -0.15) is 12.8 Å². The van der Waals surface area contributed by atoms with Crippen molar-refractivity contribution in [3.8, 4) is 0 Å². The van der Waals surface area contributed by atoms with Crippen LogP contribution < -0.4 is 0 Å². The maximum atomic E-state index is 12.7. The van der Waals surface area contributed by atoms with E-state index in [1.165, 1.54) is 0 Å². The smallest absolute Gasteiger partial charge is 0.282 e. The topological polar surface area (TPSA) is 97.5 Å². The lowest BCUT2D eigenvalue weighted by atomic mass is 10.3. The van der Waals surface area contributed by atoms with Crippen molar-refractivity contribution in [2.24, 2.45) is 0 Å². The molecule has 0 atom stereocenters. The predicted octanol–water partition coefficient (Wildman–Crippen LogP) is 0.981. The third-order valence-electron chi connectivity index (χ3n) is 1.41. The molecule has 0 saturated carbocycles. The minimum atomic E-state index is -4.55. The molecule has 0 aromatic heterocycles. The molecule has 1 N–H and O–H groups in total. The molecule has 14 heavy (non-hydrogen) atoms. The highest BCUT2D eigenvalue weighted by atomic mass is 32.2. The van der Waals surface area contributed by atoms with Gasteiger partial charge in [0.15, 0.2) is 0 Å². The molecule has 0 spiro atoms. The Labute approximate surface area is 77.9 Å². The van der Waals surface area contributed by atoms with Gasteiger partial charge < -0.3 is 0 Å². The Morgan fingerprint density at radius 3 is 2.43 bits per heavy atom. The molecule has 0 unspecified atom stereocenters. The summed E-state index contributed by atoms with van der Waals surface area (Å²) in [4.78, 5) is 8.39. The molecule has 1 rings (SSSR count). The monoisotopic (exact) mass is 221 g/mol. The highest BCUT2D eigenvalue weighted by molar-refractivity contribution is 7.85. The Morgan fingerprint density at radius 2 is 2.00 bits per heavy atom. The summed E-state index contributed by atoms with van der Waals surface area (Å²) in [5.74, 6) is -1.16. The van der Waals surface area contributed by atoms with Crippen LogP contribution in [0.4, 0.5) is 10.1 Å². The second-order valence-corrected chi connectivity index (χ2v) is 3.77. The van der Waals surface area contributed by atoms with E-state index in [9.17, 15) is 22.9 Å². The van der Waals surface area contributed by atoms with Gasteiger partial charge in [-0.3, -0.25) is 14.7 Å². The van der Waals surface area contributed by atoms with E-state index in [2.05, 4.69) is 0 Å². The number of nitro groups is 1. The van der Waals surface area contributed by atoms with Crippen molar-refractivity contribution in [2.45, 2.75) is 4.90 Å². The van der Waals surface area contributed by atoms with Gasteiger partial charge in [0.1, 0.15) is 4.90 Å². The van der Waals surface area contributed by atoms with Crippen molar-refractivity contribution in [3.63, 3.8) is 0 Å². The molecule has 0 heterocycles. The normalized spacial score (nSPS) is 11.3. The lowest BCUT2D eigenvalue weighted by Gasteiger charge is -1.97. The number of nitrogens with zero attached hydrogens (tertiary/aromatic N) is 1. The fourth-order valence-electron chi connectivity index (χ4n) is 0.793. The molecule has 0 amide bonds. The number of rotatable bonds is 2. The zero-order valence-corrected chi connectivity index (χ0v) is 7.36. The van der Waals surface area contributed by atoms with E-state index in [0.29, 0.717) is 12.1 Å². The van der Waals surface area contributed by atoms with Gasteiger partial charge >= 0.3 is 5.69 Å². The zero-order chi connectivity index (χ0) is 10.9. The summed E-state index contributed by atoms with van der Waals surface area (Å²) in [6.45, 7) is 0. The summed E-state index contributed by atoms with van der Waals surface area (Å²) in [6.07, 6.45) is 0. The molecular weight excluding hydrogens is 217 g/mol. The van der Waals surface area contributed by atoms with Crippen molar-refractivity contribution in [2.75, 3.05) is 0 Å². The van der Waals surface area contributed by atoms with Crippen molar-refractivity contribution in [1.29, 1.82) is 0 Å². The van der Waals surface area contributed by atoms with Gasteiger partial charge in [-0.05, 0) is 12.1 Å². The first-order valence-corrected chi connectivity index (χ1v) is 4.68. The van der Waals surface area contributed by atoms with Gasteiger partial charge in [-0.25, -0.2) is 0 Å². The predicted molar refractivity (Wildman–Crippen MR) is 42.9 cm³/mol. The van der Waals surface area contributed by atoms with Crippen LogP contribution in [0.15, 0.2) is 23.1 Å². The van der Waals surface area contributed by atoms with Crippen LogP contribution in [0.5, 0.6) is 0 Å². The van der Waals surface area contributed by atoms with Gasteiger partial charge in [0, 0.05) is 6.07 Å². The van der Waals surface area contributed by atoms with Gasteiger partial charge in [-0.15, -0.1) is 0 Å². The Hall–Kier alpha value is -1.54. The highest BCUT2D eigenvalue weighted by Crippen LogP contribution is 2.20. The summed E-state index contributed by atoms with van der Waals surface area (Å²) in [5, 5.41) is 10.2. The summed E-state index contributed by atoms with van der Waals surface area (Å²) in [7, 11) is -4.55. The second-order valence-electron chi connectivity index (χ2n) is 2.35. The van der Waals surface area contributed by atoms with E-state index in [-0.39, 0.29) is 0 Å². The number of hydrogen-bond donors (Lipinski definition) is 1. The molecule has 0 aliphatic rings. The fourth-order valence-corrected chi connectivity index (χ4v) is 1.29. The van der Waals surface area contributed by atoms with E-state index < -0.39 is 31.4 Å². The Bertz CT molecular complexity index is 483. The molecule has 0 aliphatic carbocycles. The molecule has 6 nitrogen and oxygen atoms in total. The maximum Gasteiger partial charge on any atom is 0.306 e. The van der Waals surface area contributed by atoms with Crippen LogP contribution in [-0.2, 0) is 10.1 Å². The average Bonchev–Trinajstić information content (AvgIpc) is 2.02. The Kier molecular flexibility index (Phi) is 2.49. The highest BCUT2D eigenvalue weighted by Gasteiger charge is 2.19. The quantitative estimate of drug-likeness (QED) is 0.456. The maximum absolute atomic E-state index is 12.7. The van der Waals surface area contributed by atoms with Crippen LogP contribution >= 0.6 is 0 Å².